The van der Waals surface area contributed by atoms with Crippen LogP contribution in [-0.4, -0.2) is 22.8 Å². The quantitative estimate of drug-likeness (QED) is 0.138. The van der Waals surface area contributed by atoms with Gasteiger partial charge in [0.05, 0.1) is 73.2 Å². The second kappa shape index (κ2) is 37.6. The van der Waals surface area contributed by atoms with Crippen molar-refractivity contribution in [3.63, 3.8) is 0 Å². The van der Waals surface area contributed by atoms with Crippen molar-refractivity contribution in [1.29, 1.82) is 0 Å². The molecule has 5 aromatic heterocycles. The van der Waals surface area contributed by atoms with E-state index in [1.165, 1.54) is 189 Å². The summed E-state index contributed by atoms with van der Waals surface area (Å²) in [5.74, 6) is 0. The lowest BCUT2D eigenvalue weighted by molar-refractivity contribution is 0.589. The molecule has 688 valence electrons. The monoisotopic (exact) mass is 1820 g/mol. The first-order valence-electron chi connectivity index (χ1n) is 53.2. The number of fused-ring (bicyclic) bond motifs is 15. The van der Waals surface area contributed by atoms with Crippen molar-refractivity contribution in [1.82, 2.24) is 22.8 Å². The fourth-order valence-electron chi connectivity index (χ4n) is 20.1. The zero-order valence-corrected chi connectivity index (χ0v) is 82.8. The first kappa shape index (κ1) is 81.4. The summed E-state index contributed by atoms with van der Waals surface area (Å²) >= 11 is 0. The minimum atomic E-state index is -0.478. The maximum atomic E-state index is 8.44. The Morgan fingerprint density at radius 2 is 0.471 bits per heavy atom. The highest BCUT2D eigenvalue weighted by atomic mass is 15.0. The van der Waals surface area contributed by atoms with E-state index in [0.717, 1.165) is 5.56 Å². The summed E-state index contributed by atoms with van der Waals surface area (Å²) < 4.78 is 86.0. The highest BCUT2D eigenvalue weighted by Crippen LogP contribution is 2.47. The highest BCUT2D eigenvalue weighted by molar-refractivity contribution is 6.15. The molecule has 0 spiro atoms. The Morgan fingerprint density at radius 3 is 0.821 bits per heavy atom. The van der Waals surface area contributed by atoms with Crippen LogP contribution in [0.3, 0.4) is 0 Å². The van der Waals surface area contributed by atoms with Crippen LogP contribution in [0.4, 0.5) is 0 Å². The minimum Gasteiger partial charge on any atom is -0.309 e. The lowest BCUT2D eigenvalue weighted by Crippen LogP contribution is -2.17. The largest absolute Gasteiger partial charge is 0.309 e. The van der Waals surface area contributed by atoms with Crippen LogP contribution in [0.15, 0.2) is 455 Å². The molecule has 0 fully saturated rings. The summed E-state index contributed by atoms with van der Waals surface area (Å²) in [6, 6.07) is 140. The Bertz CT molecular complexity index is 8770. The van der Waals surface area contributed by atoms with E-state index in [0.29, 0.717) is 11.1 Å². The molecule has 0 radical (unpaired) electrons. The zero-order chi connectivity index (χ0) is 105. The summed E-state index contributed by atoms with van der Waals surface area (Å²) in [5.41, 5.74) is 30.8. The molecule has 0 saturated carbocycles. The Kier molecular flexibility index (Phi) is 21.8. The van der Waals surface area contributed by atoms with Crippen molar-refractivity contribution < 1.29 is 12.3 Å². The lowest BCUT2D eigenvalue weighted by atomic mass is 9.83. The van der Waals surface area contributed by atoms with E-state index in [9.17, 15) is 0 Å². The Labute approximate surface area is 837 Å². The molecule has 0 atom stereocenters. The first-order valence-corrected chi connectivity index (χ1v) is 48.7. The van der Waals surface area contributed by atoms with Gasteiger partial charge in [-0.15, -0.1) is 0 Å². The summed E-state index contributed by atoms with van der Waals surface area (Å²) in [6.07, 6.45) is 0. The molecule has 0 unspecified atom stereocenters. The molecule has 0 saturated heterocycles. The van der Waals surface area contributed by atoms with Gasteiger partial charge in [0, 0.05) is 82.2 Å². The van der Waals surface area contributed by atoms with Gasteiger partial charge in [-0.25, -0.2) is 0 Å². The third-order valence-corrected chi connectivity index (χ3v) is 27.0. The van der Waals surface area contributed by atoms with Gasteiger partial charge in [-0.2, -0.15) is 0 Å². The van der Waals surface area contributed by atoms with Crippen LogP contribution in [0.2, 0.25) is 0 Å². The van der Waals surface area contributed by atoms with Gasteiger partial charge in [0.1, 0.15) is 0 Å². The van der Waals surface area contributed by atoms with E-state index in [4.69, 9.17) is 12.3 Å². The molecule has 24 rings (SSSR count). The fraction of sp³-hybridized carbons (Fsp3) is 0.156. The Morgan fingerprint density at radius 1 is 0.186 bits per heavy atom. The zero-order valence-electron chi connectivity index (χ0n) is 91.8. The van der Waals surface area contributed by atoms with Gasteiger partial charge in [-0.05, 0) is 210 Å². The molecule has 5 nitrogen and oxygen atoms in total. The van der Waals surface area contributed by atoms with E-state index in [1.54, 1.807) is 18.2 Å². The average Bonchev–Trinajstić information content (AvgIpc) is 1.54. The van der Waals surface area contributed by atoms with Crippen LogP contribution in [0.25, 0.3) is 182 Å². The van der Waals surface area contributed by atoms with Gasteiger partial charge in [0.2, 0.25) is 0 Å². The van der Waals surface area contributed by atoms with Gasteiger partial charge in [-0.1, -0.05) is 455 Å². The van der Waals surface area contributed by atoms with Gasteiger partial charge in [-0.3, -0.25) is 0 Å². The molecule has 0 N–H and O–H groups in total. The SMILES string of the molecule is CC(C)(C)c1c(-n2c3ccccc3c3ccccc32)ccc2c3ccccc3n(-c3ccccc3)c12.CC(C)(C)c1cc(-c2ccccc2)cc(-c2ccccc2)c1.CC(C)(C)c1cc(-n2c3ccccc3c3ccccc32)cc(-n2c3ccccc3c3ccccc32)c1.CC(C)(C)c1cccc2c3ccccc3n(-c3ccccc3)c12.[2H]c1c([2H])c([2H])c(-c2cc(-c3c([2H])c([2H])c(C)c([2H])c3[2H])cc(C(C)(C)C)c2)c([2H])c1[2H]. The molecule has 5 heteroatoms. The molecular weight excluding hydrogens is 1690 g/mol. The van der Waals surface area contributed by atoms with E-state index >= 15 is 0 Å². The standard InChI is InChI=1S/2C34H28N2.C23H24.C22H21N.C22H22/c1-34(2,3)23-20-24(35-30-16-8-4-12-26(30)27-13-5-9-17-31(27)35)22-25(21-23)36-32-18-10-6-14-28(32)29-15-7-11-19-33(29)36;1-34(2,3)32-31(36-29-19-11-7-15-24(29)25-16-8-12-20-30(25)36)22-21-27-26-17-9-10-18-28(26)35(33(27)32)23-13-5-4-6-14-23;1-17-10-12-19(13-11-17)21-14-20(18-8-6-5-7-9-18)15-22(16-21)23(2,3)4;1-22(2,3)19-14-9-13-18-17-12-7-8-15-20(17)23(21(18)19)16-10-5-4-6-11-16;1-22(2,3)21-15-19(17-10-6-4-7-11-17)14-20(16-21)18-12-8-5-9-13-18/h2*4-22H,1-3H3;5-16H,1-4H3;4-15H,1-3H3;4-16H,1-3H3/i;;5D,6D,7D,8D,9D,10D,11D,12D,13D;;. The topological polar surface area (TPSA) is 24.6 Å². The van der Waals surface area contributed by atoms with Crippen molar-refractivity contribution >= 4 is 109 Å². The number of benzene rings is 19. The number of hydrogen-bond acceptors (Lipinski definition) is 0. The molecule has 0 aliphatic rings. The second-order valence-electron chi connectivity index (χ2n) is 41.9. The summed E-state index contributed by atoms with van der Waals surface area (Å²) in [6.45, 7) is 35.0. The predicted octanol–water partition coefficient (Wildman–Crippen LogP) is 37.4. The van der Waals surface area contributed by atoms with Crippen LogP contribution < -0.4 is 0 Å². The van der Waals surface area contributed by atoms with E-state index < -0.39 is 18.1 Å². The molecule has 5 heterocycles. The highest BCUT2D eigenvalue weighted by Gasteiger charge is 2.31. The third-order valence-electron chi connectivity index (χ3n) is 27.0. The van der Waals surface area contributed by atoms with Gasteiger partial charge >= 0.3 is 0 Å². The molecule has 140 heavy (non-hydrogen) atoms. The van der Waals surface area contributed by atoms with Crippen molar-refractivity contribution in [2.24, 2.45) is 0 Å². The normalized spacial score (nSPS) is 12.9. The average molecular weight is 1820 g/mol. The maximum Gasteiger partial charge on any atom is 0.0629 e. The minimum absolute atomic E-state index is 0.00226. The molecule has 24 aromatic rings. The van der Waals surface area contributed by atoms with Crippen molar-refractivity contribution in [3.05, 3.63) is 488 Å². The van der Waals surface area contributed by atoms with Gasteiger partial charge in [0.15, 0.2) is 0 Å². The van der Waals surface area contributed by atoms with Crippen LogP contribution in [0, 0.1) is 6.92 Å². The Balaban J connectivity index is 0.000000114. The molecular formula is C135H123N5. The van der Waals surface area contributed by atoms with E-state index in [1.807, 2.05) is 20.8 Å². The lowest BCUT2D eigenvalue weighted by Gasteiger charge is -2.27. The summed E-state index contributed by atoms with van der Waals surface area (Å²) in [7, 11) is 0. The summed E-state index contributed by atoms with van der Waals surface area (Å²) in [5, 5.41) is 12.9. The second-order valence-corrected chi connectivity index (χ2v) is 41.9. The van der Waals surface area contributed by atoms with Crippen LogP contribution in [0.1, 0.15) is 150 Å². The van der Waals surface area contributed by atoms with Crippen molar-refractivity contribution in [2.75, 3.05) is 0 Å². The number of para-hydroxylation sites is 11. The number of hydrogen-bond donors (Lipinski definition) is 0. The molecule has 0 aliphatic heterocycles. The molecule has 0 aliphatic carbocycles. The smallest absolute Gasteiger partial charge is 0.0629 e. The Hall–Kier alpha value is -15.8. The van der Waals surface area contributed by atoms with Gasteiger partial charge in [0.25, 0.3) is 0 Å². The van der Waals surface area contributed by atoms with Crippen LogP contribution in [-0.2, 0) is 27.1 Å². The molecule has 0 bridgehead atoms. The van der Waals surface area contributed by atoms with Crippen LogP contribution >= 0.6 is 0 Å². The number of rotatable bonds is 9. The third kappa shape index (κ3) is 18.1. The van der Waals surface area contributed by atoms with Crippen molar-refractivity contribution in [2.45, 2.75) is 138 Å². The summed E-state index contributed by atoms with van der Waals surface area (Å²) in [4.78, 5) is 0. The van der Waals surface area contributed by atoms with Crippen LogP contribution in [0.5, 0.6) is 0 Å². The van der Waals surface area contributed by atoms with Crippen molar-refractivity contribution in [3.8, 4) is 72.9 Å². The fourth-order valence-corrected chi connectivity index (χ4v) is 20.1. The maximum absolute atomic E-state index is 8.44. The van der Waals surface area contributed by atoms with Gasteiger partial charge < -0.3 is 22.8 Å². The molecule has 19 aromatic carbocycles. The van der Waals surface area contributed by atoms with E-state index in [2.05, 4.69) is 488 Å². The number of nitrogens with zero attached hydrogens (tertiary/aromatic N) is 5. The first-order chi connectivity index (χ1) is 71.3. The predicted molar refractivity (Wildman–Crippen MR) is 604 cm³/mol. The molecule has 0 amide bonds. The van der Waals surface area contributed by atoms with E-state index in [-0.39, 0.29) is 80.0 Å². The number of aromatic nitrogens is 5.